The standard InChI is InChI=1S/C10H16O3/c1-4-8-10(3,6-7-13-8)9(11)12-5-2/h6-8H,4-5H2,1-3H3. The van der Waals surface area contributed by atoms with Crippen LogP contribution in [-0.4, -0.2) is 18.7 Å². The molecule has 0 N–H and O–H groups in total. The van der Waals surface area contributed by atoms with E-state index in [1.54, 1.807) is 12.3 Å². The number of carbonyl (C=O) groups is 1. The normalized spacial score (nSPS) is 31.5. The Kier molecular flexibility index (Phi) is 2.96. The zero-order valence-corrected chi connectivity index (χ0v) is 8.37. The van der Waals surface area contributed by atoms with E-state index in [-0.39, 0.29) is 12.1 Å². The highest BCUT2D eigenvalue weighted by Crippen LogP contribution is 2.34. The van der Waals surface area contributed by atoms with E-state index in [2.05, 4.69) is 0 Å². The molecule has 0 amide bonds. The highest BCUT2D eigenvalue weighted by atomic mass is 16.5. The molecule has 3 heteroatoms. The Morgan fingerprint density at radius 2 is 2.31 bits per heavy atom. The fourth-order valence-corrected chi connectivity index (χ4v) is 1.53. The number of hydrogen-bond donors (Lipinski definition) is 0. The van der Waals surface area contributed by atoms with Gasteiger partial charge in [-0.1, -0.05) is 6.92 Å². The van der Waals surface area contributed by atoms with Crippen LogP contribution in [0.1, 0.15) is 27.2 Å². The summed E-state index contributed by atoms with van der Waals surface area (Å²) in [6.45, 7) is 6.07. The van der Waals surface area contributed by atoms with E-state index >= 15 is 0 Å². The van der Waals surface area contributed by atoms with Gasteiger partial charge in [0.1, 0.15) is 11.5 Å². The van der Waals surface area contributed by atoms with E-state index < -0.39 is 5.41 Å². The van der Waals surface area contributed by atoms with Gasteiger partial charge in [-0.05, 0) is 26.3 Å². The largest absolute Gasteiger partial charge is 0.497 e. The van der Waals surface area contributed by atoms with E-state index in [9.17, 15) is 4.79 Å². The Bertz CT molecular complexity index is 222. The highest BCUT2D eigenvalue weighted by molar-refractivity contribution is 5.80. The molecule has 0 aromatic rings. The average Bonchev–Trinajstić information content (AvgIpc) is 2.48. The van der Waals surface area contributed by atoms with Gasteiger partial charge in [0.05, 0.1) is 12.9 Å². The van der Waals surface area contributed by atoms with Crippen LogP contribution in [0.25, 0.3) is 0 Å². The number of ether oxygens (including phenoxy) is 2. The second-order valence-electron chi connectivity index (χ2n) is 3.34. The van der Waals surface area contributed by atoms with Crippen LogP contribution in [0.15, 0.2) is 12.3 Å². The molecule has 0 spiro atoms. The van der Waals surface area contributed by atoms with Crippen LogP contribution < -0.4 is 0 Å². The van der Waals surface area contributed by atoms with Gasteiger partial charge in [-0.25, -0.2) is 0 Å². The summed E-state index contributed by atoms with van der Waals surface area (Å²) in [4.78, 5) is 11.6. The third-order valence-electron chi connectivity index (χ3n) is 2.41. The van der Waals surface area contributed by atoms with Crippen LogP contribution >= 0.6 is 0 Å². The molecule has 1 rings (SSSR count). The Morgan fingerprint density at radius 3 is 2.85 bits per heavy atom. The maximum atomic E-state index is 11.6. The number of carbonyl (C=O) groups excluding carboxylic acids is 1. The lowest BCUT2D eigenvalue weighted by atomic mass is 9.84. The molecule has 0 radical (unpaired) electrons. The zero-order chi connectivity index (χ0) is 9.90. The summed E-state index contributed by atoms with van der Waals surface area (Å²) in [6.07, 6.45) is 4.10. The van der Waals surface area contributed by atoms with Crippen molar-refractivity contribution in [2.75, 3.05) is 6.61 Å². The van der Waals surface area contributed by atoms with Gasteiger partial charge in [0.25, 0.3) is 0 Å². The van der Waals surface area contributed by atoms with Gasteiger partial charge in [0.2, 0.25) is 0 Å². The van der Waals surface area contributed by atoms with Gasteiger partial charge in [-0.3, -0.25) is 4.79 Å². The van der Waals surface area contributed by atoms with Gasteiger partial charge in [0.15, 0.2) is 0 Å². The van der Waals surface area contributed by atoms with E-state index in [1.807, 2.05) is 20.8 Å². The van der Waals surface area contributed by atoms with Crippen LogP contribution in [0.2, 0.25) is 0 Å². The van der Waals surface area contributed by atoms with Gasteiger partial charge in [0, 0.05) is 0 Å². The summed E-state index contributed by atoms with van der Waals surface area (Å²) in [5.41, 5.74) is -0.592. The van der Waals surface area contributed by atoms with Crippen LogP contribution in [0.4, 0.5) is 0 Å². The van der Waals surface area contributed by atoms with Crippen LogP contribution in [0.3, 0.4) is 0 Å². The quantitative estimate of drug-likeness (QED) is 0.628. The van der Waals surface area contributed by atoms with Crippen molar-refractivity contribution in [3.8, 4) is 0 Å². The summed E-state index contributed by atoms with van der Waals surface area (Å²) in [5.74, 6) is -0.199. The van der Waals surface area contributed by atoms with Crippen molar-refractivity contribution >= 4 is 5.97 Å². The topological polar surface area (TPSA) is 35.5 Å². The minimum Gasteiger partial charge on any atom is -0.497 e. The van der Waals surface area contributed by atoms with Crippen molar-refractivity contribution in [2.24, 2.45) is 5.41 Å². The summed E-state index contributed by atoms with van der Waals surface area (Å²) in [7, 11) is 0. The molecular weight excluding hydrogens is 168 g/mol. The monoisotopic (exact) mass is 184 g/mol. The van der Waals surface area contributed by atoms with Crippen molar-refractivity contribution in [2.45, 2.75) is 33.3 Å². The summed E-state index contributed by atoms with van der Waals surface area (Å²) in [5, 5.41) is 0. The van der Waals surface area contributed by atoms with E-state index in [0.717, 1.165) is 6.42 Å². The maximum Gasteiger partial charge on any atom is 0.319 e. The third kappa shape index (κ3) is 1.69. The molecule has 0 fully saturated rings. The van der Waals surface area contributed by atoms with Crippen LogP contribution in [0, 0.1) is 5.41 Å². The van der Waals surface area contributed by atoms with Crippen molar-refractivity contribution in [3.63, 3.8) is 0 Å². The molecule has 1 heterocycles. The Hall–Kier alpha value is -0.990. The van der Waals surface area contributed by atoms with Crippen molar-refractivity contribution in [1.82, 2.24) is 0 Å². The number of rotatable bonds is 3. The van der Waals surface area contributed by atoms with Gasteiger partial charge >= 0.3 is 5.97 Å². The first-order valence-corrected chi connectivity index (χ1v) is 4.65. The van der Waals surface area contributed by atoms with Crippen molar-refractivity contribution in [1.29, 1.82) is 0 Å². The summed E-state index contributed by atoms with van der Waals surface area (Å²) in [6, 6.07) is 0. The Morgan fingerprint density at radius 1 is 1.62 bits per heavy atom. The highest BCUT2D eigenvalue weighted by Gasteiger charge is 2.44. The SMILES string of the molecule is CCOC(=O)C1(C)C=COC1CC. The zero-order valence-electron chi connectivity index (χ0n) is 8.37. The molecule has 0 saturated carbocycles. The molecular formula is C10H16O3. The van der Waals surface area contributed by atoms with Crippen LogP contribution in [0.5, 0.6) is 0 Å². The van der Waals surface area contributed by atoms with Gasteiger partial charge < -0.3 is 9.47 Å². The lowest BCUT2D eigenvalue weighted by Gasteiger charge is -2.25. The first-order chi connectivity index (χ1) is 6.15. The Labute approximate surface area is 78.7 Å². The van der Waals surface area contributed by atoms with Gasteiger partial charge in [-0.15, -0.1) is 0 Å². The number of hydrogen-bond acceptors (Lipinski definition) is 3. The van der Waals surface area contributed by atoms with E-state index in [4.69, 9.17) is 9.47 Å². The van der Waals surface area contributed by atoms with E-state index in [0.29, 0.717) is 6.61 Å². The first-order valence-electron chi connectivity index (χ1n) is 4.65. The minimum absolute atomic E-state index is 0.0773. The Balaban J connectivity index is 2.73. The fraction of sp³-hybridized carbons (Fsp3) is 0.700. The minimum atomic E-state index is -0.592. The molecule has 0 bridgehead atoms. The second-order valence-corrected chi connectivity index (χ2v) is 3.34. The summed E-state index contributed by atoms with van der Waals surface area (Å²) < 4.78 is 10.3. The second kappa shape index (κ2) is 3.81. The molecule has 2 unspecified atom stereocenters. The average molecular weight is 184 g/mol. The predicted molar refractivity (Wildman–Crippen MR) is 49.0 cm³/mol. The summed E-state index contributed by atoms with van der Waals surface area (Å²) >= 11 is 0. The molecule has 1 aliphatic heterocycles. The smallest absolute Gasteiger partial charge is 0.319 e. The van der Waals surface area contributed by atoms with Crippen molar-refractivity contribution < 1.29 is 14.3 Å². The molecule has 0 aliphatic carbocycles. The van der Waals surface area contributed by atoms with Crippen molar-refractivity contribution in [3.05, 3.63) is 12.3 Å². The molecule has 1 aliphatic rings. The molecule has 13 heavy (non-hydrogen) atoms. The fourth-order valence-electron chi connectivity index (χ4n) is 1.53. The molecule has 0 saturated heterocycles. The maximum absolute atomic E-state index is 11.6. The molecule has 0 aromatic carbocycles. The first kappa shape index (κ1) is 10.1. The molecule has 3 nitrogen and oxygen atoms in total. The lowest BCUT2D eigenvalue weighted by Crippen LogP contribution is -2.37. The predicted octanol–water partition coefficient (Wildman–Crippen LogP) is 1.88. The molecule has 2 atom stereocenters. The number of esters is 1. The van der Waals surface area contributed by atoms with Crippen LogP contribution in [-0.2, 0) is 14.3 Å². The van der Waals surface area contributed by atoms with E-state index in [1.165, 1.54) is 0 Å². The molecule has 0 aromatic heterocycles. The molecule has 74 valence electrons. The van der Waals surface area contributed by atoms with Gasteiger partial charge in [-0.2, -0.15) is 0 Å². The third-order valence-corrected chi connectivity index (χ3v) is 2.41. The lowest BCUT2D eigenvalue weighted by molar-refractivity contribution is -0.155.